The van der Waals surface area contributed by atoms with Crippen molar-refractivity contribution in [3.63, 3.8) is 0 Å². The summed E-state index contributed by atoms with van der Waals surface area (Å²) in [6.07, 6.45) is 2.65. The maximum absolute atomic E-state index is 12.0. The standard InChI is InChI=1S/C16H12O5/c17-13(11-3-1-2-4-12(11)16(20)21)7-5-10-6-8-14(18)15(19)9-10/h1-9,18-19H,(H,20,21). The highest BCUT2D eigenvalue weighted by molar-refractivity contribution is 6.12. The van der Waals surface area contributed by atoms with Crippen LogP contribution >= 0.6 is 0 Å². The van der Waals surface area contributed by atoms with Gasteiger partial charge in [0.05, 0.1) is 5.56 Å². The van der Waals surface area contributed by atoms with Crippen LogP contribution in [0.4, 0.5) is 0 Å². The number of hydrogen-bond acceptors (Lipinski definition) is 4. The molecule has 106 valence electrons. The van der Waals surface area contributed by atoms with E-state index in [-0.39, 0.29) is 22.6 Å². The predicted molar refractivity (Wildman–Crippen MR) is 76.5 cm³/mol. The maximum atomic E-state index is 12.0. The van der Waals surface area contributed by atoms with Gasteiger partial charge in [0.25, 0.3) is 0 Å². The van der Waals surface area contributed by atoms with Gasteiger partial charge in [-0.3, -0.25) is 4.79 Å². The second-order valence-corrected chi connectivity index (χ2v) is 4.30. The Morgan fingerprint density at radius 2 is 1.57 bits per heavy atom. The Bertz CT molecular complexity index is 731. The summed E-state index contributed by atoms with van der Waals surface area (Å²) in [5.74, 6) is -2.18. The van der Waals surface area contributed by atoms with Crippen molar-refractivity contribution in [2.75, 3.05) is 0 Å². The molecule has 0 aliphatic carbocycles. The SMILES string of the molecule is O=C(O)c1ccccc1C(=O)C=Cc1ccc(O)c(O)c1. The molecule has 0 spiro atoms. The zero-order valence-electron chi connectivity index (χ0n) is 10.9. The molecule has 0 aliphatic heterocycles. The highest BCUT2D eigenvalue weighted by Gasteiger charge is 2.13. The summed E-state index contributed by atoms with van der Waals surface area (Å²) >= 11 is 0. The third-order valence-electron chi connectivity index (χ3n) is 2.85. The lowest BCUT2D eigenvalue weighted by Crippen LogP contribution is -2.06. The fourth-order valence-corrected chi connectivity index (χ4v) is 1.79. The predicted octanol–water partition coefficient (Wildman–Crippen LogP) is 2.69. The van der Waals surface area contributed by atoms with Gasteiger partial charge in [-0.05, 0) is 29.8 Å². The summed E-state index contributed by atoms with van der Waals surface area (Å²) in [6.45, 7) is 0. The Labute approximate surface area is 120 Å². The average molecular weight is 284 g/mol. The molecule has 0 aromatic heterocycles. The molecule has 0 fully saturated rings. The lowest BCUT2D eigenvalue weighted by Gasteiger charge is -2.02. The van der Waals surface area contributed by atoms with E-state index in [1.165, 1.54) is 42.5 Å². The minimum absolute atomic E-state index is 0.0688. The van der Waals surface area contributed by atoms with Gasteiger partial charge in [0.2, 0.25) is 0 Å². The van der Waals surface area contributed by atoms with E-state index < -0.39 is 11.8 Å². The Morgan fingerprint density at radius 3 is 2.19 bits per heavy atom. The van der Waals surface area contributed by atoms with E-state index in [1.807, 2.05) is 0 Å². The smallest absolute Gasteiger partial charge is 0.336 e. The second-order valence-electron chi connectivity index (χ2n) is 4.30. The summed E-state index contributed by atoms with van der Waals surface area (Å²) in [4.78, 5) is 23.1. The van der Waals surface area contributed by atoms with Crippen molar-refractivity contribution in [1.29, 1.82) is 0 Å². The summed E-state index contributed by atoms with van der Waals surface area (Å²) in [5, 5.41) is 27.6. The third-order valence-corrected chi connectivity index (χ3v) is 2.85. The minimum atomic E-state index is -1.17. The number of carboxylic acid groups (broad SMARTS) is 1. The molecule has 5 nitrogen and oxygen atoms in total. The molecular weight excluding hydrogens is 272 g/mol. The van der Waals surface area contributed by atoms with Crippen molar-refractivity contribution in [3.8, 4) is 11.5 Å². The van der Waals surface area contributed by atoms with Crippen LogP contribution in [0.2, 0.25) is 0 Å². The lowest BCUT2D eigenvalue weighted by atomic mass is 10.0. The number of hydrogen-bond donors (Lipinski definition) is 3. The molecule has 0 amide bonds. The molecule has 2 aromatic carbocycles. The Kier molecular flexibility index (Phi) is 4.04. The molecule has 5 heteroatoms. The van der Waals surface area contributed by atoms with Crippen molar-refractivity contribution in [2.45, 2.75) is 0 Å². The quantitative estimate of drug-likeness (QED) is 0.456. The van der Waals surface area contributed by atoms with Crippen LogP contribution in [0, 0.1) is 0 Å². The molecule has 0 bridgehead atoms. The molecule has 0 radical (unpaired) electrons. The first-order valence-corrected chi connectivity index (χ1v) is 6.06. The lowest BCUT2D eigenvalue weighted by molar-refractivity contribution is 0.0693. The molecule has 3 N–H and O–H groups in total. The number of rotatable bonds is 4. The minimum Gasteiger partial charge on any atom is -0.504 e. The highest BCUT2D eigenvalue weighted by Crippen LogP contribution is 2.25. The molecule has 0 saturated carbocycles. The number of carboxylic acids is 1. The van der Waals surface area contributed by atoms with E-state index in [4.69, 9.17) is 5.11 Å². The molecule has 0 aliphatic rings. The number of aromatic carboxylic acids is 1. The van der Waals surface area contributed by atoms with Gasteiger partial charge in [-0.15, -0.1) is 0 Å². The Morgan fingerprint density at radius 1 is 0.905 bits per heavy atom. The largest absolute Gasteiger partial charge is 0.504 e. The fraction of sp³-hybridized carbons (Fsp3) is 0. The third kappa shape index (κ3) is 3.27. The summed E-state index contributed by atoms with van der Waals surface area (Å²) in [7, 11) is 0. The Hall–Kier alpha value is -3.08. The van der Waals surface area contributed by atoms with E-state index in [9.17, 15) is 19.8 Å². The van der Waals surface area contributed by atoms with Gasteiger partial charge in [0.15, 0.2) is 17.3 Å². The second kappa shape index (κ2) is 5.92. The van der Waals surface area contributed by atoms with Crippen LogP contribution in [0.15, 0.2) is 48.5 Å². The topological polar surface area (TPSA) is 94.8 Å². The van der Waals surface area contributed by atoms with Crippen LogP contribution in [0.25, 0.3) is 6.08 Å². The number of ketones is 1. The van der Waals surface area contributed by atoms with Crippen LogP contribution in [0.5, 0.6) is 11.5 Å². The van der Waals surface area contributed by atoms with Gasteiger partial charge in [-0.1, -0.05) is 30.3 Å². The monoisotopic (exact) mass is 284 g/mol. The average Bonchev–Trinajstić information content (AvgIpc) is 2.48. The first-order valence-electron chi connectivity index (χ1n) is 6.06. The van der Waals surface area contributed by atoms with Gasteiger partial charge >= 0.3 is 5.97 Å². The molecule has 2 aromatic rings. The number of phenols is 2. The van der Waals surface area contributed by atoms with E-state index in [1.54, 1.807) is 12.1 Å². The van der Waals surface area contributed by atoms with Gasteiger partial charge in [0.1, 0.15) is 0 Å². The first kappa shape index (κ1) is 14.3. The maximum Gasteiger partial charge on any atom is 0.336 e. The molecule has 0 atom stereocenters. The normalized spacial score (nSPS) is 10.7. The van der Waals surface area contributed by atoms with Gasteiger partial charge in [-0.25, -0.2) is 4.79 Å². The van der Waals surface area contributed by atoms with E-state index in [2.05, 4.69) is 0 Å². The van der Waals surface area contributed by atoms with E-state index >= 15 is 0 Å². The zero-order chi connectivity index (χ0) is 15.4. The van der Waals surface area contributed by atoms with Crippen molar-refractivity contribution in [1.82, 2.24) is 0 Å². The summed E-state index contributed by atoms with van der Waals surface area (Å²) in [5.41, 5.74) is 0.524. The van der Waals surface area contributed by atoms with Crippen LogP contribution < -0.4 is 0 Å². The fourth-order valence-electron chi connectivity index (χ4n) is 1.79. The first-order chi connectivity index (χ1) is 9.99. The van der Waals surface area contributed by atoms with Crippen molar-refractivity contribution in [3.05, 3.63) is 65.2 Å². The van der Waals surface area contributed by atoms with Crippen molar-refractivity contribution >= 4 is 17.8 Å². The zero-order valence-corrected chi connectivity index (χ0v) is 10.9. The molecule has 21 heavy (non-hydrogen) atoms. The van der Waals surface area contributed by atoms with E-state index in [0.29, 0.717) is 5.56 Å². The highest BCUT2D eigenvalue weighted by atomic mass is 16.4. The van der Waals surface area contributed by atoms with E-state index in [0.717, 1.165) is 0 Å². The van der Waals surface area contributed by atoms with Crippen LogP contribution in [0.1, 0.15) is 26.3 Å². The molecule has 2 rings (SSSR count). The van der Waals surface area contributed by atoms with Crippen molar-refractivity contribution in [2.24, 2.45) is 0 Å². The summed E-state index contributed by atoms with van der Waals surface area (Å²) < 4.78 is 0. The van der Waals surface area contributed by atoms with Gasteiger partial charge in [-0.2, -0.15) is 0 Å². The van der Waals surface area contributed by atoms with Crippen LogP contribution in [0.3, 0.4) is 0 Å². The number of allylic oxidation sites excluding steroid dienone is 1. The number of benzene rings is 2. The van der Waals surface area contributed by atoms with Crippen LogP contribution in [-0.2, 0) is 0 Å². The summed E-state index contributed by atoms with van der Waals surface area (Å²) in [6, 6.07) is 10.0. The Balaban J connectivity index is 2.27. The number of carbonyl (C=O) groups excluding carboxylic acids is 1. The van der Waals surface area contributed by atoms with Gasteiger partial charge in [0, 0.05) is 5.56 Å². The number of aromatic hydroxyl groups is 2. The molecular formula is C16H12O5. The molecule has 0 heterocycles. The number of phenolic OH excluding ortho intramolecular Hbond substituents is 2. The number of carbonyl (C=O) groups is 2. The molecule has 0 unspecified atom stereocenters. The van der Waals surface area contributed by atoms with Gasteiger partial charge < -0.3 is 15.3 Å². The van der Waals surface area contributed by atoms with Crippen LogP contribution in [-0.4, -0.2) is 27.1 Å². The van der Waals surface area contributed by atoms with Crippen molar-refractivity contribution < 1.29 is 24.9 Å². The molecule has 0 saturated heterocycles.